The topological polar surface area (TPSA) is 21.1 Å². The van der Waals surface area contributed by atoms with Gasteiger partial charge in [0.25, 0.3) is 0 Å². The first-order chi connectivity index (χ1) is 12.5. The number of alkyl halides is 3. The number of hydrogen-bond donors (Lipinski definition) is 0. The maximum Gasteiger partial charge on any atom is 0.406 e. The van der Waals surface area contributed by atoms with Gasteiger partial charge in [0.2, 0.25) is 0 Å². The van der Waals surface area contributed by atoms with Crippen molar-refractivity contribution >= 4 is 6.08 Å². The quantitative estimate of drug-likeness (QED) is 0.753. The summed E-state index contributed by atoms with van der Waals surface area (Å²) >= 11 is 0. The summed E-state index contributed by atoms with van der Waals surface area (Å²) in [6.07, 6.45) is 7.28. The lowest BCUT2D eigenvalue weighted by Gasteiger charge is -2.27. The largest absolute Gasteiger partial charge is 0.406 e. The molecule has 0 spiro atoms. The number of imidazole rings is 1. The molecule has 140 valence electrons. The van der Waals surface area contributed by atoms with Crippen molar-refractivity contribution in [2.45, 2.75) is 51.0 Å². The third-order valence-electron chi connectivity index (χ3n) is 4.72. The minimum absolute atomic E-state index is 0.216. The van der Waals surface area contributed by atoms with Crippen molar-refractivity contribution in [3.05, 3.63) is 60.2 Å². The van der Waals surface area contributed by atoms with E-state index in [0.29, 0.717) is 12.4 Å². The first-order valence-corrected chi connectivity index (χ1v) is 9.05. The highest BCUT2D eigenvalue weighted by Gasteiger charge is 2.29. The van der Waals surface area contributed by atoms with Gasteiger partial charge in [-0.1, -0.05) is 55.3 Å². The molecule has 1 fully saturated rings. The van der Waals surface area contributed by atoms with Gasteiger partial charge in [0.15, 0.2) is 0 Å². The van der Waals surface area contributed by atoms with Crippen LogP contribution in [0.3, 0.4) is 0 Å². The molecule has 1 aromatic heterocycles. The smallest absolute Gasteiger partial charge is 0.325 e. The third kappa shape index (κ3) is 5.46. The predicted octanol–water partition coefficient (Wildman–Crippen LogP) is 4.90. The Bertz CT molecular complexity index is 707. The van der Waals surface area contributed by atoms with Crippen LogP contribution in [0.2, 0.25) is 0 Å². The van der Waals surface area contributed by atoms with Gasteiger partial charge in [-0.05, 0) is 24.9 Å². The maximum absolute atomic E-state index is 12.8. The van der Waals surface area contributed by atoms with E-state index in [4.69, 9.17) is 0 Å². The second kappa shape index (κ2) is 8.54. The minimum atomic E-state index is -4.24. The Hall–Kier alpha value is -2.08. The Morgan fingerprint density at radius 3 is 2.69 bits per heavy atom. The number of nitrogens with zero attached hydrogens (tertiary/aromatic N) is 3. The zero-order valence-electron chi connectivity index (χ0n) is 14.7. The molecule has 0 amide bonds. The van der Waals surface area contributed by atoms with Crippen molar-refractivity contribution in [3.8, 4) is 0 Å². The lowest BCUT2D eigenvalue weighted by Crippen LogP contribution is -2.34. The highest BCUT2D eigenvalue weighted by molar-refractivity contribution is 5.49. The fraction of sp³-hybridized carbons (Fsp3) is 0.450. The first kappa shape index (κ1) is 18.7. The molecular weight excluding hydrogens is 339 g/mol. The van der Waals surface area contributed by atoms with Gasteiger partial charge in [0.05, 0.1) is 6.54 Å². The van der Waals surface area contributed by atoms with Crippen LogP contribution in [0.25, 0.3) is 6.08 Å². The van der Waals surface area contributed by atoms with Crippen LogP contribution in [0.5, 0.6) is 0 Å². The summed E-state index contributed by atoms with van der Waals surface area (Å²) < 4.78 is 39.5. The van der Waals surface area contributed by atoms with E-state index in [1.807, 2.05) is 30.3 Å². The number of aromatic nitrogens is 2. The Balaban J connectivity index is 1.73. The molecule has 1 aliphatic heterocycles. The molecule has 0 aliphatic carbocycles. The molecule has 6 heteroatoms. The number of benzene rings is 1. The van der Waals surface area contributed by atoms with E-state index >= 15 is 0 Å². The Morgan fingerprint density at radius 2 is 1.92 bits per heavy atom. The zero-order valence-corrected chi connectivity index (χ0v) is 14.7. The lowest BCUT2D eigenvalue weighted by atomic mass is 10.1. The van der Waals surface area contributed by atoms with Gasteiger partial charge in [-0.3, -0.25) is 4.90 Å². The van der Waals surface area contributed by atoms with Crippen LogP contribution in [0, 0.1) is 0 Å². The number of hydrogen-bond acceptors (Lipinski definition) is 2. The van der Waals surface area contributed by atoms with Crippen LogP contribution >= 0.6 is 0 Å². The zero-order chi connectivity index (χ0) is 18.4. The lowest BCUT2D eigenvalue weighted by molar-refractivity contribution is -0.141. The summed E-state index contributed by atoms with van der Waals surface area (Å²) in [5, 5.41) is 0. The second-order valence-corrected chi connectivity index (χ2v) is 6.74. The highest BCUT2D eigenvalue weighted by atomic mass is 19.4. The normalized spacial score (nSPS) is 19.7. The molecule has 1 aliphatic rings. The van der Waals surface area contributed by atoms with Crippen LogP contribution in [0.4, 0.5) is 13.2 Å². The summed E-state index contributed by atoms with van der Waals surface area (Å²) in [6, 6.07) is 10.3. The number of rotatable bonds is 5. The van der Waals surface area contributed by atoms with E-state index in [1.54, 1.807) is 0 Å². The molecule has 1 atom stereocenters. The third-order valence-corrected chi connectivity index (χ3v) is 4.72. The molecule has 2 aromatic rings. The monoisotopic (exact) mass is 363 g/mol. The summed E-state index contributed by atoms with van der Waals surface area (Å²) in [5.41, 5.74) is 1.13. The van der Waals surface area contributed by atoms with Crippen molar-refractivity contribution in [2.75, 3.05) is 6.54 Å². The second-order valence-electron chi connectivity index (χ2n) is 6.74. The maximum atomic E-state index is 12.8. The average molecular weight is 363 g/mol. The van der Waals surface area contributed by atoms with Gasteiger partial charge in [-0.25, -0.2) is 4.98 Å². The van der Waals surface area contributed by atoms with Gasteiger partial charge in [0.1, 0.15) is 12.4 Å². The molecule has 3 nitrogen and oxygen atoms in total. The molecule has 2 heterocycles. The van der Waals surface area contributed by atoms with E-state index in [2.05, 4.69) is 22.0 Å². The fourth-order valence-corrected chi connectivity index (χ4v) is 3.40. The van der Waals surface area contributed by atoms with Crippen molar-refractivity contribution < 1.29 is 13.2 Å². The number of halogens is 3. The first-order valence-electron chi connectivity index (χ1n) is 9.05. The van der Waals surface area contributed by atoms with Gasteiger partial charge in [-0.2, -0.15) is 13.2 Å². The van der Waals surface area contributed by atoms with Crippen molar-refractivity contribution in [1.29, 1.82) is 0 Å². The summed E-state index contributed by atoms with van der Waals surface area (Å²) in [4.78, 5) is 6.43. The standard InChI is InChI=1S/C20H24F3N3/c21-20(22,23)16-26-14-12-24-19(26)15-25-13-6-2-5-9-18(25)11-10-17-7-3-1-4-8-17/h1,3-4,7-8,10-12,14,18H,2,5-6,9,13,15-16H2. The molecule has 1 unspecified atom stereocenters. The van der Waals surface area contributed by atoms with Gasteiger partial charge in [-0.15, -0.1) is 0 Å². The summed E-state index contributed by atoms with van der Waals surface area (Å²) in [5.74, 6) is 0.474. The van der Waals surface area contributed by atoms with E-state index in [9.17, 15) is 13.2 Å². The van der Waals surface area contributed by atoms with Crippen molar-refractivity contribution in [1.82, 2.24) is 14.5 Å². The highest BCUT2D eigenvalue weighted by Crippen LogP contribution is 2.23. The molecule has 0 radical (unpaired) electrons. The predicted molar refractivity (Wildman–Crippen MR) is 96.4 cm³/mol. The van der Waals surface area contributed by atoms with Crippen LogP contribution < -0.4 is 0 Å². The Kier molecular flexibility index (Phi) is 6.14. The van der Waals surface area contributed by atoms with Gasteiger partial charge >= 0.3 is 6.18 Å². The van der Waals surface area contributed by atoms with Crippen molar-refractivity contribution in [3.63, 3.8) is 0 Å². The molecule has 3 rings (SSSR count). The van der Waals surface area contributed by atoms with E-state index in [-0.39, 0.29) is 6.04 Å². The Labute approximate surface area is 152 Å². The van der Waals surface area contributed by atoms with Crippen LogP contribution in [0.15, 0.2) is 48.8 Å². The van der Waals surface area contributed by atoms with Crippen LogP contribution in [0.1, 0.15) is 37.1 Å². The molecule has 0 saturated carbocycles. The number of likely N-dealkylation sites (tertiary alicyclic amines) is 1. The summed E-state index contributed by atoms with van der Waals surface area (Å²) in [6.45, 7) is 0.330. The van der Waals surface area contributed by atoms with Gasteiger partial charge in [0, 0.05) is 18.4 Å². The SMILES string of the molecule is FC(F)(F)Cn1ccnc1CN1CCCCCC1C=Cc1ccccc1. The Morgan fingerprint density at radius 1 is 1.12 bits per heavy atom. The van der Waals surface area contributed by atoms with Crippen LogP contribution in [-0.2, 0) is 13.1 Å². The summed E-state index contributed by atoms with van der Waals surface area (Å²) in [7, 11) is 0. The molecule has 1 saturated heterocycles. The minimum Gasteiger partial charge on any atom is -0.325 e. The van der Waals surface area contributed by atoms with Crippen LogP contribution in [-0.4, -0.2) is 33.2 Å². The van der Waals surface area contributed by atoms with Gasteiger partial charge < -0.3 is 4.57 Å². The van der Waals surface area contributed by atoms with E-state index in [1.165, 1.54) is 17.0 Å². The molecule has 0 N–H and O–H groups in total. The van der Waals surface area contributed by atoms with E-state index in [0.717, 1.165) is 37.8 Å². The molecule has 26 heavy (non-hydrogen) atoms. The molecular formula is C20H24F3N3. The fourth-order valence-electron chi connectivity index (χ4n) is 3.40. The average Bonchev–Trinajstić information content (AvgIpc) is 2.89. The molecule has 0 bridgehead atoms. The van der Waals surface area contributed by atoms with E-state index < -0.39 is 12.7 Å². The van der Waals surface area contributed by atoms with Crippen molar-refractivity contribution in [2.24, 2.45) is 0 Å². The molecule has 1 aromatic carbocycles.